The highest BCUT2D eigenvalue weighted by atomic mass is 35.5. The van der Waals surface area contributed by atoms with Crippen LogP contribution in [0.2, 0.25) is 10.0 Å². The van der Waals surface area contributed by atoms with Gasteiger partial charge in [-0.1, -0.05) is 35.3 Å². The quantitative estimate of drug-likeness (QED) is 0.631. The number of hydrogen-bond donors (Lipinski definition) is 2. The molecule has 24 heavy (non-hydrogen) atoms. The molecule has 5 nitrogen and oxygen atoms in total. The third-order valence-corrected chi connectivity index (χ3v) is 3.93. The molecule has 0 aliphatic rings. The van der Waals surface area contributed by atoms with Crippen molar-refractivity contribution in [3.05, 3.63) is 57.6 Å². The molecule has 2 aromatic rings. The van der Waals surface area contributed by atoms with Gasteiger partial charge in [-0.05, 0) is 43.7 Å². The Morgan fingerprint density at radius 2 is 1.92 bits per heavy atom. The van der Waals surface area contributed by atoms with Crippen molar-refractivity contribution in [3.8, 4) is 0 Å². The number of ether oxygens (including phenoxy) is 1. The van der Waals surface area contributed by atoms with Crippen LogP contribution in [-0.2, 0) is 9.53 Å². The summed E-state index contributed by atoms with van der Waals surface area (Å²) in [6.07, 6.45) is -1.02. The average molecular weight is 367 g/mol. The Hall–Kier alpha value is -2.24. The number of para-hydroxylation sites is 1. The normalized spacial score (nSPS) is 11.7. The molecule has 0 bridgehead atoms. The van der Waals surface area contributed by atoms with E-state index < -0.39 is 18.0 Å². The Bertz CT molecular complexity index is 793. The molecule has 0 saturated carbocycles. The number of anilines is 2. The Kier molecular flexibility index (Phi) is 5.70. The Morgan fingerprint density at radius 1 is 1.21 bits per heavy atom. The first-order chi connectivity index (χ1) is 11.3. The minimum atomic E-state index is -1.02. The van der Waals surface area contributed by atoms with Crippen LogP contribution in [0.5, 0.6) is 0 Å². The number of nitrogens with one attached hydrogen (secondary N) is 1. The van der Waals surface area contributed by atoms with Gasteiger partial charge in [-0.2, -0.15) is 0 Å². The summed E-state index contributed by atoms with van der Waals surface area (Å²) in [7, 11) is 0. The fourth-order valence-electron chi connectivity index (χ4n) is 1.96. The number of amides is 1. The molecule has 1 unspecified atom stereocenters. The van der Waals surface area contributed by atoms with Gasteiger partial charge in [-0.25, -0.2) is 4.79 Å². The van der Waals surface area contributed by atoms with Gasteiger partial charge >= 0.3 is 5.97 Å². The smallest absolute Gasteiger partial charge is 0.341 e. The zero-order valence-corrected chi connectivity index (χ0v) is 14.6. The minimum absolute atomic E-state index is 0.221. The number of rotatable bonds is 4. The minimum Gasteiger partial charge on any atom is -0.449 e. The van der Waals surface area contributed by atoms with Crippen LogP contribution in [0.4, 0.5) is 11.4 Å². The van der Waals surface area contributed by atoms with Crippen molar-refractivity contribution < 1.29 is 14.3 Å². The molecule has 126 valence electrons. The van der Waals surface area contributed by atoms with Crippen molar-refractivity contribution in [1.29, 1.82) is 0 Å². The summed E-state index contributed by atoms with van der Waals surface area (Å²) in [5, 5.41) is 3.32. The molecule has 0 spiro atoms. The molecule has 2 rings (SSSR count). The zero-order valence-electron chi connectivity index (χ0n) is 13.1. The number of esters is 1. The van der Waals surface area contributed by atoms with Crippen LogP contribution in [0.3, 0.4) is 0 Å². The number of carbonyl (C=O) groups is 2. The van der Waals surface area contributed by atoms with Gasteiger partial charge in [0.25, 0.3) is 5.91 Å². The molecule has 2 aromatic carbocycles. The Balaban J connectivity index is 2.06. The van der Waals surface area contributed by atoms with E-state index in [1.165, 1.54) is 13.0 Å². The third-order valence-electron chi connectivity index (χ3n) is 3.39. The van der Waals surface area contributed by atoms with Crippen LogP contribution in [0.1, 0.15) is 22.8 Å². The summed E-state index contributed by atoms with van der Waals surface area (Å²) in [6.45, 7) is 3.24. The summed E-state index contributed by atoms with van der Waals surface area (Å²) >= 11 is 11.8. The number of nitrogens with two attached hydrogens (primary N) is 1. The van der Waals surface area contributed by atoms with Crippen molar-refractivity contribution >= 4 is 46.5 Å². The van der Waals surface area contributed by atoms with Crippen molar-refractivity contribution in [2.24, 2.45) is 0 Å². The van der Waals surface area contributed by atoms with E-state index in [-0.39, 0.29) is 10.6 Å². The summed E-state index contributed by atoms with van der Waals surface area (Å²) in [5.74, 6) is -1.18. The van der Waals surface area contributed by atoms with E-state index in [2.05, 4.69) is 5.32 Å². The standard InChI is InChI=1S/C17H16Cl2N2O3/c1-9-4-3-5-12(15(9)20)17(23)24-10(2)16(22)21-14-7-6-11(18)8-13(14)19/h3-8,10H,20H2,1-2H3,(H,21,22). The van der Waals surface area contributed by atoms with E-state index in [9.17, 15) is 9.59 Å². The van der Waals surface area contributed by atoms with Crippen LogP contribution in [0.25, 0.3) is 0 Å². The van der Waals surface area contributed by atoms with E-state index in [0.29, 0.717) is 16.4 Å². The van der Waals surface area contributed by atoms with Crippen LogP contribution in [0, 0.1) is 6.92 Å². The SMILES string of the molecule is Cc1cccc(C(=O)OC(C)C(=O)Nc2ccc(Cl)cc2Cl)c1N. The average Bonchev–Trinajstić information content (AvgIpc) is 2.52. The van der Waals surface area contributed by atoms with Gasteiger partial charge in [0.15, 0.2) is 6.10 Å². The largest absolute Gasteiger partial charge is 0.449 e. The predicted octanol–water partition coefficient (Wildman–Crippen LogP) is 4.07. The summed E-state index contributed by atoms with van der Waals surface area (Å²) in [4.78, 5) is 24.3. The maximum Gasteiger partial charge on any atom is 0.341 e. The summed E-state index contributed by atoms with van der Waals surface area (Å²) < 4.78 is 5.17. The summed E-state index contributed by atoms with van der Waals surface area (Å²) in [5.41, 5.74) is 7.55. The number of benzene rings is 2. The van der Waals surface area contributed by atoms with E-state index in [4.69, 9.17) is 33.7 Å². The molecule has 0 aromatic heterocycles. The molecule has 0 saturated heterocycles. The molecule has 1 atom stereocenters. The fourth-order valence-corrected chi connectivity index (χ4v) is 2.42. The second-order valence-corrected chi connectivity index (χ2v) is 6.04. The number of aryl methyl sites for hydroxylation is 1. The topological polar surface area (TPSA) is 81.4 Å². The second-order valence-electron chi connectivity index (χ2n) is 5.20. The number of halogens is 2. The fraction of sp³-hybridized carbons (Fsp3) is 0.176. The van der Waals surface area contributed by atoms with Gasteiger partial charge in [0.1, 0.15) is 0 Å². The molecule has 0 radical (unpaired) electrons. The van der Waals surface area contributed by atoms with Gasteiger partial charge in [-0.15, -0.1) is 0 Å². The van der Waals surface area contributed by atoms with Crippen molar-refractivity contribution in [2.45, 2.75) is 20.0 Å². The molecule has 0 aliphatic heterocycles. The van der Waals surface area contributed by atoms with Crippen molar-refractivity contribution in [2.75, 3.05) is 11.1 Å². The maximum absolute atomic E-state index is 12.2. The van der Waals surface area contributed by atoms with Crippen LogP contribution in [0.15, 0.2) is 36.4 Å². The van der Waals surface area contributed by atoms with Gasteiger partial charge in [0.2, 0.25) is 0 Å². The molecular weight excluding hydrogens is 351 g/mol. The number of carbonyl (C=O) groups excluding carboxylic acids is 2. The van der Waals surface area contributed by atoms with Gasteiger partial charge < -0.3 is 15.8 Å². The lowest BCUT2D eigenvalue weighted by Gasteiger charge is -2.15. The number of hydrogen-bond acceptors (Lipinski definition) is 4. The Morgan fingerprint density at radius 3 is 2.58 bits per heavy atom. The van der Waals surface area contributed by atoms with E-state index in [0.717, 1.165) is 5.56 Å². The molecule has 7 heteroatoms. The first-order valence-electron chi connectivity index (χ1n) is 7.11. The van der Waals surface area contributed by atoms with Crippen molar-refractivity contribution in [3.63, 3.8) is 0 Å². The molecule has 0 fully saturated rings. The third kappa shape index (κ3) is 4.19. The van der Waals surface area contributed by atoms with E-state index in [1.807, 2.05) is 0 Å². The summed E-state index contributed by atoms with van der Waals surface area (Å²) in [6, 6.07) is 9.68. The van der Waals surface area contributed by atoms with Crippen LogP contribution in [-0.4, -0.2) is 18.0 Å². The van der Waals surface area contributed by atoms with Gasteiger partial charge in [0.05, 0.1) is 16.3 Å². The Labute approximate surface area is 149 Å². The highest BCUT2D eigenvalue weighted by Crippen LogP contribution is 2.25. The molecule has 0 aliphatic carbocycles. The van der Waals surface area contributed by atoms with E-state index in [1.54, 1.807) is 37.3 Å². The molecule has 1 amide bonds. The zero-order chi connectivity index (χ0) is 17.9. The number of nitrogen functional groups attached to an aromatic ring is 1. The monoisotopic (exact) mass is 366 g/mol. The van der Waals surface area contributed by atoms with Crippen molar-refractivity contribution in [1.82, 2.24) is 0 Å². The first kappa shape index (κ1) is 18.1. The lowest BCUT2D eigenvalue weighted by molar-refractivity contribution is -0.123. The predicted molar refractivity (Wildman–Crippen MR) is 95.6 cm³/mol. The molecule has 0 heterocycles. The highest BCUT2D eigenvalue weighted by Gasteiger charge is 2.21. The van der Waals surface area contributed by atoms with Gasteiger partial charge in [-0.3, -0.25) is 4.79 Å². The van der Waals surface area contributed by atoms with Crippen LogP contribution < -0.4 is 11.1 Å². The molecular formula is C17H16Cl2N2O3. The second kappa shape index (κ2) is 7.55. The lowest BCUT2D eigenvalue weighted by Crippen LogP contribution is -2.30. The van der Waals surface area contributed by atoms with Crippen LogP contribution >= 0.6 is 23.2 Å². The maximum atomic E-state index is 12.2. The van der Waals surface area contributed by atoms with E-state index >= 15 is 0 Å². The first-order valence-corrected chi connectivity index (χ1v) is 7.87. The molecule has 3 N–H and O–H groups in total. The van der Waals surface area contributed by atoms with Gasteiger partial charge in [0, 0.05) is 10.7 Å². The highest BCUT2D eigenvalue weighted by molar-refractivity contribution is 6.36. The lowest BCUT2D eigenvalue weighted by atomic mass is 10.1.